The van der Waals surface area contributed by atoms with Gasteiger partial charge in [0.05, 0.1) is 33.6 Å². The zero-order valence-corrected chi connectivity index (χ0v) is 12.0. The second-order valence-electron chi connectivity index (χ2n) is 4.38. The topological polar surface area (TPSA) is 54.9 Å². The van der Waals surface area contributed by atoms with E-state index in [1.165, 1.54) is 12.1 Å². The number of aryl methyl sites for hydroxylation is 1. The molecule has 1 atom stereocenters. The Bertz CT molecular complexity index is 695. The minimum absolute atomic E-state index is 0.152. The van der Waals surface area contributed by atoms with Crippen LogP contribution in [0.25, 0.3) is 0 Å². The molecule has 1 N–H and O–H groups in total. The zero-order valence-electron chi connectivity index (χ0n) is 10.4. The second kappa shape index (κ2) is 5.46. The summed E-state index contributed by atoms with van der Waals surface area (Å²) < 4.78 is 25.1. The van der Waals surface area contributed by atoms with Gasteiger partial charge in [0.25, 0.3) is 0 Å². The lowest BCUT2D eigenvalue weighted by atomic mass is 10.2. The van der Waals surface area contributed by atoms with Gasteiger partial charge in [-0.3, -0.25) is 4.21 Å². The molecule has 0 fully saturated rings. The van der Waals surface area contributed by atoms with E-state index in [0.717, 1.165) is 5.69 Å². The molecule has 2 aromatic rings. The molecule has 4 nitrogen and oxygen atoms in total. The van der Waals surface area contributed by atoms with E-state index < -0.39 is 10.8 Å². The van der Waals surface area contributed by atoms with E-state index in [1.54, 1.807) is 12.1 Å². The van der Waals surface area contributed by atoms with Crippen LogP contribution in [-0.4, -0.2) is 19.9 Å². The average Bonchev–Trinajstić information content (AvgIpc) is 2.77. The molecule has 0 radical (unpaired) electrons. The molecule has 3 rings (SSSR count). The number of rotatable bonds is 3. The molecule has 1 aromatic carbocycles. The van der Waals surface area contributed by atoms with Crippen molar-refractivity contribution < 1.29 is 8.60 Å². The maximum absolute atomic E-state index is 13.1. The van der Waals surface area contributed by atoms with Crippen LogP contribution in [0.5, 0.6) is 0 Å². The predicted octanol–water partition coefficient (Wildman–Crippen LogP) is 2.54. The lowest BCUT2D eigenvalue weighted by Gasteiger charge is -2.09. The lowest BCUT2D eigenvalue weighted by molar-refractivity contribution is 0.628. The summed E-state index contributed by atoms with van der Waals surface area (Å²) in [5.41, 5.74) is 2.00. The molecule has 2 heterocycles. The van der Waals surface area contributed by atoms with Gasteiger partial charge in [-0.15, -0.1) is 0 Å². The van der Waals surface area contributed by atoms with Crippen molar-refractivity contribution in [3.63, 3.8) is 0 Å². The average molecular weight is 312 g/mol. The van der Waals surface area contributed by atoms with Crippen molar-refractivity contribution in [3.8, 4) is 0 Å². The molecule has 0 bridgehead atoms. The van der Waals surface area contributed by atoms with Gasteiger partial charge in [0.15, 0.2) is 0 Å². The van der Waals surface area contributed by atoms with Crippen molar-refractivity contribution in [2.45, 2.75) is 17.9 Å². The van der Waals surface area contributed by atoms with Gasteiger partial charge >= 0.3 is 0 Å². The number of benzene rings is 1. The van der Waals surface area contributed by atoms with Crippen LogP contribution in [0.15, 0.2) is 29.2 Å². The first-order valence-electron chi connectivity index (χ1n) is 6.06. The van der Waals surface area contributed by atoms with Crippen LogP contribution >= 0.6 is 11.6 Å². The van der Waals surface area contributed by atoms with E-state index in [0.29, 0.717) is 35.0 Å². The second-order valence-corrected chi connectivity index (χ2v) is 6.22. The van der Waals surface area contributed by atoms with E-state index in [-0.39, 0.29) is 11.1 Å². The molecular weight excluding hydrogens is 301 g/mol. The monoisotopic (exact) mass is 311 g/mol. The van der Waals surface area contributed by atoms with Gasteiger partial charge in [0.2, 0.25) is 5.28 Å². The maximum Gasteiger partial charge on any atom is 0.222 e. The molecule has 0 spiro atoms. The highest BCUT2D eigenvalue weighted by atomic mass is 35.5. The summed E-state index contributed by atoms with van der Waals surface area (Å²) in [4.78, 5) is 8.91. The van der Waals surface area contributed by atoms with Crippen LogP contribution in [-0.2, 0) is 23.8 Å². The molecule has 1 aromatic heterocycles. The summed E-state index contributed by atoms with van der Waals surface area (Å²) in [5.74, 6) is 0.238. The summed E-state index contributed by atoms with van der Waals surface area (Å²) in [5, 5.41) is 3.21. The number of hydrogen-bond donors (Lipinski definition) is 1. The van der Waals surface area contributed by atoms with Gasteiger partial charge in [-0.05, 0) is 29.8 Å². The molecule has 20 heavy (non-hydrogen) atoms. The minimum atomic E-state index is -1.08. The van der Waals surface area contributed by atoms with Gasteiger partial charge in [-0.25, -0.2) is 14.4 Å². The quantitative estimate of drug-likeness (QED) is 0.885. The van der Waals surface area contributed by atoms with Crippen molar-refractivity contribution in [2.24, 2.45) is 0 Å². The van der Waals surface area contributed by atoms with E-state index in [9.17, 15) is 8.60 Å². The molecule has 1 aliphatic rings. The first-order valence-corrected chi connectivity index (χ1v) is 7.76. The largest absolute Gasteiger partial charge is 0.379 e. The fourth-order valence-electron chi connectivity index (χ4n) is 2.14. The minimum Gasteiger partial charge on any atom is -0.379 e. The van der Waals surface area contributed by atoms with Crippen molar-refractivity contribution in [1.82, 2.24) is 9.97 Å². The highest BCUT2D eigenvalue weighted by Gasteiger charge is 2.25. The molecule has 0 saturated heterocycles. The summed E-state index contributed by atoms with van der Waals surface area (Å²) in [6.07, 6.45) is 0.650. The van der Waals surface area contributed by atoms with Crippen LogP contribution in [0.1, 0.15) is 11.4 Å². The van der Waals surface area contributed by atoms with Gasteiger partial charge in [0, 0.05) is 17.9 Å². The lowest BCUT2D eigenvalue weighted by Crippen LogP contribution is -2.08. The van der Waals surface area contributed by atoms with E-state index in [2.05, 4.69) is 15.3 Å². The number of aromatic nitrogens is 2. The Balaban J connectivity index is 1.86. The van der Waals surface area contributed by atoms with Crippen LogP contribution in [0.4, 0.5) is 10.1 Å². The highest BCUT2D eigenvalue weighted by molar-refractivity contribution is 7.85. The Morgan fingerprint density at radius 1 is 1.40 bits per heavy atom. The summed E-state index contributed by atoms with van der Waals surface area (Å²) >= 11 is 5.87. The Kier molecular flexibility index (Phi) is 3.67. The number of fused-ring (bicyclic) bond motifs is 1. The van der Waals surface area contributed by atoms with E-state index >= 15 is 0 Å². The summed E-state index contributed by atoms with van der Waals surface area (Å²) in [6, 6.07) is 6.13. The number of nitrogens with zero attached hydrogens (tertiary/aromatic N) is 2. The number of halogens is 2. The molecular formula is C13H11ClFN3OS. The fraction of sp³-hybridized carbons (Fsp3) is 0.231. The Labute approximate surface area is 122 Å². The SMILES string of the molecule is O=S1CCc2nc(Cl)nc(CNc3cccc(F)c3)c21. The van der Waals surface area contributed by atoms with Crippen molar-refractivity contribution >= 4 is 28.1 Å². The highest BCUT2D eigenvalue weighted by Crippen LogP contribution is 2.26. The van der Waals surface area contributed by atoms with Crippen molar-refractivity contribution in [2.75, 3.05) is 11.1 Å². The Morgan fingerprint density at radius 2 is 2.25 bits per heavy atom. The van der Waals surface area contributed by atoms with Crippen LogP contribution in [0.3, 0.4) is 0 Å². The smallest absolute Gasteiger partial charge is 0.222 e. The molecule has 1 unspecified atom stereocenters. The first-order chi connectivity index (χ1) is 9.63. The van der Waals surface area contributed by atoms with E-state index in [4.69, 9.17) is 11.6 Å². The normalized spacial score (nSPS) is 17.0. The van der Waals surface area contributed by atoms with Gasteiger partial charge in [-0.2, -0.15) is 0 Å². The molecule has 7 heteroatoms. The summed E-state index contributed by atoms with van der Waals surface area (Å²) in [6.45, 7) is 0.333. The fourth-order valence-corrected chi connectivity index (χ4v) is 3.72. The first kappa shape index (κ1) is 13.5. The molecule has 0 aliphatic carbocycles. The molecule has 0 amide bonds. The third-order valence-electron chi connectivity index (χ3n) is 3.02. The molecule has 104 valence electrons. The number of hydrogen-bond acceptors (Lipinski definition) is 4. The molecule has 0 saturated carbocycles. The van der Waals surface area contributed by atoms with E-state index in [1.807, 2.05) is 0 Å². The standard InChI is InChI=1S/C13H11ClFN3OS/c14-13-17-10-4-5-20(19)12(10)11(18-13)7-16-9-3-1-2-8(15)6-9/h1-3,6,16H,4-5,7H2. The Morgan fingerprint density at radius 3 is 3.05 bits per heavy atom. The number of anilines is 1. The van der Waals surface area contributed by atoms with Crippen LogP contribution < -0.4 is 5.32 Å². The maximum atomic E-state index is 13.1. The zero-order chi connectivity index (χ0) is 14.1. The van der Waals surface area contributed by atoms with Crippen LogP contribution in [0, 0.1) is 5.82 Å². The number of nitrogens with one attached hydrogen (secondary N) is 1. The van der Waals surface area contributed by atoms with Crippen LogP contribution in [0.2, 0.25) is 5.28 Å². The van der Waals surface area contributed by atoms with Gasteiger partial charge < -0.3 is 5.32 Å². The third kappa shape index (κ3) is 2.66. The Hall–Kier alpha value is -1.53. The molecule has 1 aliphatic heterocycles. The van der Waals surface area contributed by atoms with Crippen molar-refractivity contribution in [3.05, 3.63) is 46.8 Å². The van der Waals surface area contributed by atoms with Crippen molar-refractivity contribution in [1.29, 1.82) is 0 Å². The van der Waals surface area contributed by atoms with Gasteiger partial charge in [0.1, 0.15) is 5.82 Å². The summed E-state index contributed by atoms with van der Waals surface area (Å²) in [7, 11) is -1.08. The predicted molar refractivity (Wildman–Crippen MR) is 75.7 cm³/mol. The van der Waals surface area contributed by atoms with Gasteiger partial charge in [-0.1, -0.05) is 6.07 Å². The third-order valence-corrected chi connectivity index (χ3v) is 4.69.